The van der Waals surface area contributed by atoms with Gasteiger partial charge in [0, 0.05) is 31.2 Å². The largest absolute Gasteiger partial charge is 0.311 e. The monoisotopic (exact) mass is 269 g/mol. The molecule has 0 radical (unpaired) electrons. The molecular weight excluding hydrogens is 234 g/mol. The van der Waals surface area contributed by atoms with Crippen LogP contribution < -0.4 is 5.32 Å². The van der Waals surface area contributed by atoms with E-state index in [9.17, 15) is 0 Å². The van der Waals surface area contributed by atoms with Crippen molar-refractivity contribution in [3.63, 3.8) is 0 Å². The molecular formula is C16H35N3. The molecule has 0 aliphatic carbocycles. The molecule has 1 rings (SSSR count). The molecule has 3 heteroatoms. The molecule has 0 bridgehead atoms. The first kappa shape index (κ1) is 16.9. The smallest absolute Gasteiger partial charge is 0.0221 e. The minimum absolute atomic E-state index is 0.676. The molecule has 4 unspecified atom stereocenters. The van der Waals surface area contributed by atoms with Crippen LogP contribution in [-0.4, -0.2) is 61.7 Å². The summed E-state index contributed by atoms with van der Waals surface area (Å²) in [4.78, 5) is 5.06. The molecule has 0 aromatic heterocycles. The summed E-state index contributed by atoms with van der Waals surface area (Å²) in [5, 5.41) is 3.77. The van der Waals surface area contributed by atoms with E-state index < -0.39 is 0 Å². The van der Waals surface area contributed by atoms with E-state index in [1.54, 1.807) is 0 Å². The first-order valence-electron chi connectivity index (χ1n) is 8.13. The van der Waals surface area contributed by atoms with Crippen LogP contribution >= 0.6 is 0 Å². The predicted octanol–water partition coefficient (Wildman–Crippen LogP) is 2.43. The fourth-order valence-corrected chi connectivity index (χ4v) is 3.04. The zero-order valence-corrected chi connectivity index (χ0v) is 13.9. The van der Waals surface area contributed by atoms with Gasteiger partial charge in [-0.15, -0.1) is 0 Å². The fraction of sp³-hybridized carbons (Fsp3) is 1.00. The molecule has 4 atom stereocenters. The van der Waals surface area contributed by atoms with E-state index in [0.717, 1.165) is 18.5 Å². The second-order valence-electron chi connectivity index (χ2n) is 6.60. The van der Waals surface area contributed by atoms with Crippen molar-refractivity contribution in [3.8, 4) is 0 Å². The minimum atomic E-state index is 0.676. The van der Waals surface area contributed by atoms with Gasteiger partial charge in [-0.1, -0.05) is 27.2 Å². The predicted molar refractivity (Wildman–Crippen MR) is 84.7 cm³/mol. The Hall–Kier alpha value is -0.120. The van der Waals surface area contributed by atoms with Gasteiger partial charge >= 0.3 is 0 Å². The van der Waals surface area contributed by atoms with Crippen molar-refractivity contribution >= 4 is 0 Å². The van der Waals surface area contributed by atoms with Crippen LogP contribution in [0, 0.1) is 5.92 Å². The molecule has 1 aliphatic heterocycles. The maximum atomic E-state index is 3.77. The van der Waals surface area contributed by atoms with E-state index in [4.69, 9.17) is 0 Å². The summed E-state index contributed by atoms with van der Waals surface area (Å²) >= 11 is 0. The normalized spacial score (nSPS) is 28.6. The molecule has 0 aromatic carbocycles. The van der Waals surface area contributed by atoms with Crippen molar-refractivity contribution in [3.05, 3.63) is 0 Å². The van der Waals surface area contributed by atoms with E-state index in [1.165, 1.54) is 32.4 Å². The maximum Gasteiger partial charge on any atom is 0.0221 e. The Balaban J connectivity index is 2.58. The van der Waals surface area contributed by atoms with E-state index in [-0.39, 0.29) is 0 Å². The summed E-state index contributed by atoms with van der Waals surface area (Å²) in [6.45, 7) is 13.0. The topological polar surface area (TPSA) is 18.5 Å². The third-order valence-electron chi connectivity index (χ3n) is 4.85. The van der Waals surface area contributed by atoms with Crippen LogP contribution in [0.5, 0.6) is 0 Å². The van der Waals surface area contributed by atoms with Crippen LogP contribution in [0.4, 0.5) is 0 Å². The molecule has 1 saturated heterocycles. The number of hydrogen-bond acceptors (Lipinski definition) is 3. The van der Waals surface area contributed by atoms with Crippen LogP contribution in [0.2, 0.25) is 0 Å². The van der Waals surface area contributed by atoms with Crippen LogP contribution in [0.25, 0.3) is 0 Å². The lowest BCUT2D eigenvalue weighted by atomic mass is 9.93. The molecule has 0 aromatic rings. The van der Waals surface area contributed by atoms with Gasteiger partial charge in [0.05, 0.1) is 0 Å². The molecule has 0 amide bonds. The molecule has 0 saturated carbocycles. The quantitative estimate of drug-likeness (QED) is 0.766. The second-order valence-corrected chi connectivity index (χ2v) is 6.60. The maximum absolute atomic E-state index is 3.77. The van der Waals surface area contributed by atoms with Gasteiger partial charge in [-0.05, 0) is 46.3 Å². The average Bonchev–Trinajstić information content (AvgIpc) is 2.42. The molecule has 1 heterocycles. The lowest BCUT2D eigenvalue weighted by Gasteiger charge is -2.45. The van der Waals surface area contributed by atoms with Crippen molar-refractivity contribution in [2.75, 3.05) is 33.7 Å². The molecule has 3 nitrogen and oxygen atoms in total. The summed E-state index contributed by atoms with van der Waals surface area (Å²) in [5.41, 5.74) is 0. The van der Waals surface area contributed by atoms with Crippen molar-refractivity contribution in [1.29, 1.82) is 0 Å². The lowest BCUT2D eigenvalue weighted by Crippen LogP contribution is -2.60. The van der Waals surface area contributed by atoms with Gasteiger partial charge in [0.2, 0.25) is 0 Å². The summed E-state index contributed by atoms with van der Waals surface area (Å²) in [5.74, 6) is 0.779. The third kappa shape index (κ3) is 5.05. The number of nitrogens with one attached hydrogen (secondary N) is 1. The molecule has 1 N–H and O–H groups in total. The van der Waals surface area contributed by atoms with Crippen molar-refractivity contribution in [2.24, 2.45) is 5.92 Å². The van der Waals surface area contributed by atoms with Crippen LogP contribution in [0.3, 0.4) is 0 Å². The Morgan fingerprint density at radius 1 is 1.26 bits per heavy atom. The van der Waals surface area contributed by atoms with Crippen LogP contribution in [0.1, 0.15) is 47.0 Å². The summed E-state index contributed by atoms with van der Waals surface area (Å²) < 4.78 is 0. The highest BCUT2D eigenvalue weighted by molar-refractivity contribution is 4.90. The fourth-order valence-electron chi connectivity index (χ4n) is 3.04. The van der Waals surface area contributed by atoms with Gasteiger partial charge in [0.15, 0.2) is 0 Å². The number of nitrogens with zero attached hydrogens (tertiary/aromatic N) is 2. The number of piperazine rings is 1. The highest BCUT2D eigenvalue weighted by Crippen LogP contribution is 2.20. The van der Waals surface area contributed by atoms with Gasteiger partial charge in [0.25, 0.3) is 0 Å². The van der Waals surface area contributed by atoms with Crippen molar-refractivity contribution < 1.29 is 0 Å². The number of rotatable bonds is 7. The Kier molecular flexibility index (Phi) is 7.33. The molecule has 0 spiro atoms. The molecule has 1 fully saturated rings. The number of hydrogen-bond donors (Lipinski definition) is 1. The first-order chi connectivity index (χ1) is 8.99. The zero-order valence-electron chi connectivity index (χ0n) is 13.9. The van der Waals surface area contributed by atoms with Gasteiger partial charge in [-0.3, -0.25) is 4.90 Å². The Labute approximate surface area is 120 Å². The van der Waals surface area contributed by atoms with Gasteiger partial charge in [0.1, 0.15) is 0 Å². The highest BCUT2D eigenvalue weighted by atomic mass is 15.3. The Morgan fingerprint density at radius 3 is 2.47 bits per heavy atom. The third-order valence-corrected chi connectivity index (χ3v) is 4.85. The van der Waals surface area contributed by atoms with Gasteiger partial charge < -0.3 is 10.2 Å². The average molecular weight is 269 g/mol. The van der Waals surface area contributed by atoms with E-state index in [0.29, 0.717) is 12.1 Å². The summed E-state index contributed by atoms with van der Waals surface area (Å²) in [7, 11) is 4.34. The Morgan fingerprint density at radius 2 is 1.95 bits per heavy atom. The van der Waals surface area contributed by atoms with E-state index in [2.05, 4.69) is 56.9 Å². The lowest BCUT2D eigenvalue weighted by molar-refractivity contribution is 0.0644. The van der Waals surface area contributed by atoms with Crippen LogP contribution in [0.15, 0.2) is 0 Å². The van der Waals surface area contributed by atoms with E-state index >= 15 is 0 Å². The van der Waals surface area contributed by atoms with Crippen LogP contribution in [-0.2, 0) is 0 Å². The van der Waals surface area contributed by atoms with E-state index in [1.807, 2.05) is 0 Å². The SMILES string of the molecule is CCC(C)C1CN(C(C)CCN(C)C)C(CC)CN1. The van der Waals surface area contributed by atoms with Gasteiger partial charge in [-0.25, -0.2) is 0 Å². The molecule has 114 valence electrons. The first-order valence-corrected chi connectivity index (χ1v) is 8.13. The minimum Gasteiger partial charge on any atom is -0.311 e. The standard InChI is InChI=1S/C16H35N3/c1-7-13(3)16-12-19(15(8-2)11-17-16)14(4)9-10-18(5)6/h13-17H,7-12H2,1-6H3. The molecule has 1 aliphatic rings. The van der Waals surface area contributed by atoms with Crippen molar-refractivity contribution in [1.82, 2.24) is 15.1 Å². The van der Waals surface area contributed by atoms with Crippen molar-refractivity contribution in [2.45, 2.75) is 65.1 Å². The molecule has 19 heavy (non-hydrogen) atoms. The second kappa shape index (κ2) is 8.23. The summed E-state index contributed by atoms with van der Waals surface area (Å²) in [6, 6.07) is 2.09. The van der Waals surface area contributed by atoms with Gasteiger partial charge in [-0.2, -0.15) is 0 Å². The summed E-state index contributed by atoms with van der Waals surface area (Å²) in [6.07, 6.45) is 3.80. The Bertz CT molecular complexity index is 242. The highest BCUT2D eigenvalue weighted by Gasteiger charge is 2.31. The zero-order chi connectivity index (χ0) is 14.4.